The highest BCUT2D eigenvalue weighted by atomic mass is 14.7. The van der Waals surface area contributed by atoms with Crippen LogP contribution in [-0.4, -0.2) is 5.54 Å². The second-order valence-corrected chi connectivity index (χ2v) is 5.04. The molecule has 1 rings (SSSR count). The van der Waals surface area contributed by atoms with Crippen molar-refractivity contribution in [2.75, 3.05) is 0 Å². The zero-order valence-corrected chi connectivity index (χ0v) is 9.86. The molecule has 84 valence electrons. The van der Waals surface area contributed by atoms with Crippen LogP contribution in [0.1, 0.15) is 77.6 Å². The Labute approximate surface area is 89.5 Å². The quantitative estimate of drug-likeness (QED) is 0.675. The van der Waals surface area contributed by atoms with Crippen LogP contribution in [-0.2, 0) is 0 Å². The molecule has 0 radical (unpaired) electrons. The lowest BCUT2D eigenvalue weighted by Crippen LogP contribution is -2.38. The smallest absolute Gasteiger partial charge is 0.0151 e. The fourth-order valence-electron chi connectivity index (χ4n) is 2.49. The SMILES string of the molecule is CCC1(N)CCCCCCCCCC1. The van der Waals surface area contributed by atoms with Gasteiger partial charge in [0.1, 0.15) is 0 Å². The van der Waals surface area contributed by atoms with E-state index in [1.54, 1.807) is 0 Å². The Hall–Kier alpha value is -0.0400. The molecule has 0 unspecified atom stereocenters. The maximum Gasteiger partial charge on any atom is 0.0151 e. The molecule has 0 spiro atoms. The van der Waals surface area contributed by atoms with Crippen molar-refractivity contribution in [3.8, 4) is 0 Å². The molecule has 1 fully saturated rings. The van der Waals surface area contributed by atoms with Crippen molar-refractivity contribution in [3.63, 3.8) is 0 Å². The topological polar surface area (TPSA) is 26.0 Å². The number of hydrogen-bond acceptors (Lipinski definition) is 1. The third-order valence-corrected chi connectivity index (χ3v) is 3.80. The normalized spacial score (nSPS) is 25.3. The van der Waals surface area contributed by atoms with Crippen LogP contribution in [0.4, 0.5) is 0 Å². The van der Waals surface area contributed by atoms with Crippen LogP contribution in [0.2, 0.25) is 0 Å². The summed E-state index contributed by atoms with van der Waals surface area (Å²) in [7, 11) is 0. The Morgan fingerprint density at radius 3 is 1.50 bits per heavy atom. The van der Waals surface area contributed by atoms with Gasteiger partial charge < -0.3 is 5.73 Å². The molecule has 1 nitrogen and oxygen atoms in total. The van der Waals surface area contributed by atoms with Gasteiger partial charge in [-0.15, -0.1) is 0 Å². The molecule has 0 amide bonds. The molecule has 1 aliphatic carbocycles. The van der Waals surface area contributed by atoms with Crippen molar-refractivity contribution < 1.29 is 0 Å². The lowest BCUT2D eigenvalue weighted by Gasteiger charge is -2.28. The van der Waals surface area contributed by atoms with Crippen molar-refractivity contribution >= 4 is 0 Å². The predicted molar refractivity (Wildman–Crippen MR) is 63.4 cm³/mol. The van der Waals surface area contributed by atoms with Crippen LogP contribution in [0.15, 0.2) is 0 Å². The first kappa shape index (κ1) is 12.0. The molecule has 2 N–H and O–H groups in total. The minimum atomic E-state index is 0.171. The second kappa shape index (κ2) is 6.44. The molecule has 0 aromatic rings. The molecule has 0 heterocycles. The van der Waals surface area contributed by atoms with Gasteiger partial charge in [-0.05, 0) is 19.3 Å². The van der Waals surface area contributed by atoms with Crippen LogP contribution in [0, 0.1) is 0 Å². The lowest BCUT2D eigenvalue weighted by molar-refractivity contribution is 0.330. The van der Waals surface area contributed by atoms with Gasteiger partial charge >= 0.3 is 0 Å². The summed E-state index contributed by atoms with van der Waals surface area (Å²) in [5.41, 5.74) is 6.57. The van der Waals surface area contributed by atoms with Gasteiger partial charge in [0.2, 0.25) is 0 Å². The first-order chi connectivity index (χ1) is 6.77. The number of rotatable bonds is 1. The molecule has 0 bridgehead atoms. The minimum absolute atomic E-state index is 0.171. The maximum atomic E-state index is 6.40. The van der Waals surface area contributed by atoms with E-state index in [1.165, 1.54) is 64.2 Å². The minimum Gasteiger partial charge on any atom is -0.325 e. The van der Waals surface area contributed by atoms with E-state index in [4.69, 9.17) is 5.73 Å². The standard InChI is InChI=1S/C13H27N/c1-2-13(14)11-9-7-5-3-4-6-8-10-12-13/h2-12,14H2,1H3. The first-order valence-corrected chi connectivity index (χ1v) is 6.56. The second-order valence-electron chi connectivity index (χ2n) is 5.04. The highest BCUT2D eigenvalue weighted by Crippen LogP contribution is 2.25. The van der Waals surface area contributed by atoms with Gasteiger partial charge in [0.15, 0.2) is 0 Å². The summed E-state index contributed by atoms with van der Waals surface area (Å²) in [6, 6.07) is 0. The molecule has 1 aliphatic rings. The first-order valence-electron chi connectivity index (χ1n) is 6.56. The molecule has 14 heavy (non-hydrogen) atoms. The summed E-state index contributed by atoms with van der Waals surface area (Å²) >= 11 is 0. The van der Waals surface area contributed by atoms with E-state index < -0.39 is 0 Å². The van der Waals surface area contributed by atoms with E-state index >= 15 is 0 Å². The molecular weight excluding hydrogens is 170 g/mol. The van der Waals surface area contributed by atoms with Gasteiger partial charge in [-0.3, -0.25) is 0 Å². The molecule has 1 heteroatoms. The summed E-state index contributed by atoms with van der Waals surface area (Å²) < 4.78 is 0. The third-order valence-electron chi connectivity index (χ3n) is 3.80. The van der Waals surface area contributed by atoms with Gasteiger partial charge in [0.05, 0.1) is 0 Å². The Bertz CT molecular complexity index is 130. The van der Waals surface area contributed by atoms with E-state index in [1.807, 2.05) is 0 Å². The monoisotopic (exact) mass is 197 g/mol. The Morgan fingerprint density at radius 1 is 0.786 bits per heavy atom. The molecular formula is C13H27N. The highest BCUT2D eigenvalue weighted by Gasteiger charge is 2.21. The van der Waals surface area contributed by atoms with Crippen molar-refractivity contribution in [1.82, 2.24) is 0 Å². The summed E-state index contributed by atoms with van der Waals surface area (Å²) in [5, 5.41) is 0. The summed E-state index contributed by atoms with van der Waals surface area (Å²) in [6.45, 7) is 2.25. The van der Waals surface area contributed by atoms with E-state index in [0.717, 1.165) is 6.42 Å². The van der Waals surface area contributed by atoms with E-state index in [0.29, 0.717) is 0 Å². The van der Waals surface area contributed by atoms with Crippen LogP contribution in [0.5, 0.6) is 0 Å². The van der Waals surface area contributed by atoms with Crippen molar-refractivity contribution in [3.05, 3.63) is 0 Å². The van der Waals surface area contributed by atoms with Gasteiger partial charge in [-0.25, -0.2) is 0 Å². The van der Waals surface area contributed by atoms with Crippen LogP contribution >= 0.6 is 0 Å². The molecule has 0 atom stereocenters. The van der Waals surface area contributed by atoms with Crippen molar-refractivity contribution in [1.29, 1.82) is 0 Å². The summed E-state index contributed by atoms with van der Waals surface area (Å²) in [6.07, 6.45) is 14.9. The average Bonchev–Trinajstić information content (AvgIpc) is 2.24. The van der Waals surface area contributed by atoms with Gasteiger partial charge in [-0.2, -0.15) is 0 Å². The summed E-state index contributed by atoms with van der Waals surface area (Å²) in [4.78, 5) is 0. The van der Waals surface area contributed by atoms with Crippen molar-refractivity contribution in [2.24, 2.45) is 5.73 Å². The lowest BCUT2D eigenvalue weighted by atomic mass is 9.85. The third kappa shape index (κ3) is 4.45. The van der Waals surface area contributed by atoms with Crippen molar-refractivity contribution in [2.45, 2.75) is 83.1 Å². The van der Waals surface area contributed by atoms with Gasteiger partial charge in [-0.1, -0.05) is 58.3 Å². The zero-order chi connectivity index (χ0) is 10.3. The Morgan fingerprint density at radius 2 is 1.14 bits per heavy atom. The van der Waals surface area contributed by atoms with Gasteiger partial charge in [0.25, 0.3) is 0 Å². The molecule has 0 aliphatic heterocycles. The molecule has 1 saturated carbocycles. The van der Waals surface area contributed by atoms with Crippen LogP contribution < -0.4 is 5.73 Å². The van der Waals surface area contributed by atoms with Crippen LogP contribution in [0.25, 0.3) is 0 Å². The number of hydrogen-bond donors (Lipinski definition) is 1. The molecule has 0 saturated heterocycles. The number of nitrogens with two attached hydrogens (primary N) is 1. The highest BCUT2D eigenvalue weighted by molar-refractivity contribution is 4.82. The zero-order valence-electron chi connectivity index (χ0n) is 9.86. The Kier molecular flexibility index (Phi) is 5.54. The fourth-order valence-corrected chi connectivity index (χ4v) is 2.49. The largest absolute Gasteiger partial charge is 0.325 e. The fraction of sp³-hybridized carbons (Fsp3) is 1.00. The average molecular weight is 197 g/mol. The van der Waals surface area contributed by atoms with Gasteiger partial charge in [0, 0.05) is 5.54 Å². The van der Waals surface area contributed by atoms with E-state index in [2.05, 4.69) is 6.92 Å². The molecule has 0 aromatic heterocycles. The van der Waals surface area contributed by atoms with Crippen LogP contribution in [0.3, 0.4) is 0 Å². The van der Waals surface area contributed by atoms with E-state index in [-0.39, 0.29) is 5.54 Å². The summed E-state index contributed by atoms with van der Waals surface area (Å²) in [5.74, 6) is 0. The van der Waals surface area contributed by atoms with E-state index in [9.17, 15) is 0 Å². The predicted octanol–water partition coefficient (Wildman–Crippen LogP) is 4.01. The maximum absolute atomic E-state index is 6.40. The Balaban J connectivity index is 2.35. The molecule has 0 aromatic carbocycles.